The third kappa shape index (κ3) is 3.18. The molecule has 1 aromatic rings. The molecule has 1 aliphatic carbocycles. The SMILES string of the molecule is Cc1cc(C(=O)NC2(CC(=O)O)CCC2)ccc1[N+](=O)[O-]. The van der Waals surface area contributed by atoms with Crippen LogP contribution in [0.15, 0.2) is 18.2 Å². The van der Waals surface area contributed by atoms with E-state index in [9.17, 15) is 19.7 Å². The second-order valence-electron chi connectivity index (χ2n) is 5.42. The van der Waals surface area contributed by atoms with Crippen LogP contribution in [-0.2, 0) is 4.79 Å². The number of nitro benzene ring substituents is 1. The molecular formula is C14H16N2O5. The molecule has 1 aliphatic rings. The molecule has 0 aromatic heterocycles. The second-order valence-corrected chi connectivity index (χ2v) is 5.42. The van der Waals surface area contributed by atoms with Crippen molar-refractivity contribution >= 4 is 17.6 Å². The molecule has 1 saturated carbocycles. The third-order valence-corrected chi connectivity index (χ3v) is 3.83. The summed E-state index contributed by atoms with van der Waals surface area (Å²) in [6.07, 6.45) is 2.05. The van der Waals surface area contributed by atoms with E-state index >= 15 is 0 Å². The van der Waals surface area contributed by atoms with Crippen molar-refractivity contribution in [2.24, 2.45) is 0 Å². The fourth-order valence-electron chi connectivity index (χ4n) is 2.55. The molecule has 0 bridgehead atoms. The number of amides is 1. The van der Waals surface area contributed by atoms with Gasteiger partial charge in [-0.15, -0.1) is 0 Å². The van der Waals surface area contributed by atoms with Crippen molar-refractivity contribution in [1.29, 1.82) is 0 Å². The van der Waals surface area contributed by atoms with Gasteiger partial charge in [0.25, 0.3) is 11.6 Å². The quantitative estimate of drug-likeness (QED) is 0.637. The number of hydrogen-bond donors (Lipinski definition) is 2. The van der Waals surface area contributed by atoms with E-state index in [0.29, 0.717) is 24.0 Å². The first kappa shape index (κ1) is 15.0. The minimum atomic E-state index is -0.949. The van der Waals surface area contributed by atoms with E-state index in [4.69, 9.17) is 5.11 Å². The topological polar surface area (TPSA) is 110 Å². The summed E-state index contributed by atoms with van der Waals surface area (Å²) in [5.74, 6) is -1.34. The summed E-state index contributed by atoms with van der Waals surface area (Å²) in [5.41, 5.74) is -0.0303. The zero-order valence-corrected chi connectivity index (χ0v) is 11.6. The molecule has 21 heavy (non-hydrogen) atoms. The number of aryl methyl sites for hydroxylation is 1. The van der Waals surface area contributed by atoms with Crippen molar-refractivity contribution < 1.29 is 19.6 Å². The Hall–Kier alpha value is -2.44. The molecule has 1 aromatic carbocycles. The van der Waals surface area contributed by atoms with Crippen LogP contribution in [0.1, 0.15) is 41.6 Å². The maximum Gasteiger partial charge on any atom is 0.305 e. The van der Waals surface area contributed by atoms with E-state index in [1.54, 1.807) is 6.92 Å². The molecule has 2 N–H and O–H groups in total. The van der Waals surface area contributed by atoms with Gasteiger partial charge in [-0.1, -0.05) is 0 Å². The normalized spacial score (nSPS) is 15.9. The van der Waals surface area contributed by atoms with E-state index in [0.717, 1.165) is 6.42 Å². The Labute approximate surface area is 121 Å². The van der Waals surface area contributed by atoms with Crippen LogP contribution in [0.25, 0.3) is 0 Å². The zero-order chi connectivity index (χ0) is 15.6. The summed E-state index contributed by atoms with van der Waals surface area (Å²) in [6, 6.07) is 4.11. The number of aliphatic carboxylic acids is 1. The van der Waals surface area contributed by atoms with Crippen LogP contribution in [0, 0.1) is 17.0 Å². The van der Waals surface area contributed by atoms with E-state index in [1.807, 2.05) is 0 Å². The average molecular weight is 292 g/mol. The van der Waals surface area contributed by atoms with Crippen molar-refractivity contribution in [2.45, 2.75) is 38.1 Å². The molecule has 0 saturated heterocycles. The van der Waals surface area contributed by atoms with Crippen LogP contribution in [0.2, 0.25) is 0 Å². The van der Waals surface area contributed by atoms with Gasteiger partial charge in [-0.2, -0.15) is 0 Å². The Bertz CT molecular complexity index is 607. The molecule has 0 heterocycles. The summed E-state index contributed by atoms with van der Waals surface area (Å²) in [5, 5.41) is 22.4. The first-order valence-electron chi connectivity index (χ1n) is 6.62. The number of nitro groups is 1. The minimum Gasteiger partial charge on any atom is -0.481 e. The molecule has 0 unspecified atom stereocenters. The van der Waals surface area contributed by atoms with Gasteiger partial charge >= 0.3 is 5.97 Å². The standard InChI is InChI=1S/C14H16N2O5/c1-9-7-10(3-4-11(9)16(20)21)13(19)15-14(5-2-6-14)8-12(17)18/h3-4,7H,2,5-6,8H2,1H3,(H,15,19)(H,17,18). The maximum absolute atomic E-state index is 12.2. The zero-order valence-electron chi connectivity index (χ0n) is 11.6. The van der Waals surface area contributed by atoms with Gasteiger partial charge in [0.1, 0.15) is 0 Å². The highest BCUT2D eigenvalue weighted by molar-refractivity contribution is 5.95. The highest BCUT2D eigenvalue weighted by Gasteiger charge is 2.40. The number of carboxylic acids is 1. The summed E-state index contributed by atoms with van der Waals surface area (Å²) in [4.78, 5) is 33.3. The summed E-state index contributed by atoms with van der Waals surface area (Å²) in [7, 11) is 0. The van der Waals surface area contributed by atoms with Gasteiger partial charge < -0.3 is 10.4 Å². The lowest BCUT2D eigenvalue weighted by atomic mass is 9.74. The van der Waals surface area contributed by atoms with Crippen molar-refractivity contribution in [3.05, 3.63) is 39.4 Å². The first-order valence-corrected chi connectivity index (χ1v) is 6.62. The number of carbonyl (C=O) groups is 2. The molecule has 0 spiro atoms. The van der Waals surface area contributed by atoms with Crippen LogP contribution >= 0.6 is 0 Å². The van der Waals surface area contributed by atoms with E-state index in [2.05, 4.69) is 5.32 Å². The lowest BCUT2D eigenvalue weighted by Crippen LogP contribution is -2.54. The van der Waals surface area contributed by atoms with E-state index in [1.165, 1.54) is 18.2 Å². The van der Waals surface area contributed by atoms with Gasteiger partial charge in [-0.05, 0) is 38.3 Å². The fraction of sp³-hybridized carbons (Fsp3) is 0.429. The fourth-order valence-corrected chi connectivity index (χ4v) is 2.55. The second kappa shape index (κ2) is 5.51. The summed E-state index contributed by atoms with van der Waals surface area (Å²) < 4.78 is 0. The Morgan fingerprint density at radius 3 is 2.52 bits per heavy atom. The lowest BCUT2D eigenvalue weighted by molar-refractivity contribution is -0.385. The predicted octanol–water partition coefficient (Wildman–Crippen LogP) is 2.03. The Morgan fingerprint density at radius 2 is 2.10 bits per heavy atom. The molecule has 1 fully saturated rings. The van der Waals surface area contributed by atoms with Crippen molar-refractivity contribution in [3.63, 3.8) is 0 Å². The Balaban J connectivity index is 2.15. The van der Waals surface area contributed by atoms with E-state index < -0.39 is 22.3 Å². The number of rotatable bonds is 5. The highest BCUT2D eigenvalue weighted by Crippen LogP contribution is 2.35. The molecule has 0 atom stereocenters. The van der Waals surface area contributed by atoms with Gasteiger partial charge in [-0.3, -0.25) is 19.7 Å². The average Bonchev–Trinajstić information content (AvgIpc) is 2.34. The van der Waals surface area contributed by atoms with Crippen molar-refractivity contribution in [1.82, 2.24) is 5.32 Å². The number of hydrogen-bond acceptors (Lipinski definition) is 4. The molecule has 112 valence electrons. The molecule has 0 radical (unpaired) electrons. The van der Waals surface area contributed by atoms with Crippen LogP contribution in [0.5, 0.6) is 0 Å². The molecule has 0 aliphatic heterocycles. The van der Waals surface area contributed by atoms with E-state index in [-0.39, 0.29) is 12.1 Å². The highest BCUT2D eigenvalue weighted by atomic mass is 16.6. The number of carboxylic acid groups (broad SMARTS) is 1. The maximum atomic E-state index is 12.2. The minimum absolute atomic E-state index is 0.0459. The predicted molar refractivity (Wildman–Crippen MR) is 74.1 cm³/mol. The first-order chi connectivity index (χ1) is 9.83. The molecular weight excluding hydrogens is 276 g/mol. The Morgan fingerprint density at radius 1 is 1.43 bits per heavy atom. The van der Waals surface area contributed by atoms with Gasteiger partial charge in [0.15, 0.2) is 0 Å². The molecule has 7 nitrogen and oxygen atoms in total. The summed E-state index contributed by atoms with van der Waals surface area (Å²) >= 11 is 0. The summed E-state index contributed by atoms with van der Waals surface area (Å²) in [6.45, 7) is 1.56. The van der Waals surface area contributed by atoms with Gasteiger partial charge in [0.05, 0.1) is 16.9 Å². The lowest BCUT2D eigenvalue weighted by Gasteiger charge is -2.41. The molecule has 7 heteroatoms. The van der Waals surface area contributed by atoms with Crippen LogP contribution in [0.4, 0.5) is 5.69 Å². The van der Waals surface area contributed by atoms with Crippen LogP contribution in [0.3, 0.4) is 0 Å². The molecule has 1 amide bonds. The smallest absolute Gasteiger partial charge is 0.305 e. The monoisotopic (exact) mass is 292 g/mol. The van der Waals surface area contributed by atoms with Crippen LogP contribution < -0.4 is 5.32 Å². The van der Waals surface area contributed by atoms with Crippen molar-refractivity contribution in [3.8, 4) is 0 Å². The van der Waals surface area contributed by atoms with Gasteiger partial charge in [0.2, 0.25) is 0 Å². The van der Waals surface area contributed by atoms with Crippen LogP contribution in [-0.4, -0.2) is 27.4 Å². The number of benzene rings is 1. The third-order valence-electron chi connectivity index (χ3n) is 3.83. The van der Waals surface area contributed by atoms with Crippen molar-refractivity contribution in [2.75, 3.05) is 0 Å². The Kier molecular flexibility index (Phi) is 3.93. The van der Waals surface area contributed by atoms with Gasteiger partial charge in [-0.25, -0.2) is 0 Å². The largest absolute Gasteiger partial charge is 0.481 e. The van der Waals surface area contributed by atoms with Gasteiger partial charge in [0, 0.05) is 17.2 Å². The number of nitrogens with one attached hydrogen (secondary N) is 1. The number of carbonyl (C=O) groups excluding carboxylic acids is 1. The molecule has 2 rings (SSSR count). The number of nitrogens with zero attached hydrogens (tertiary/aromatic N) is 1.